The third kappa shape index (κ3) is 20.0. The maximum absolute atomic E-state index is 13.2. The summed E-state index contributed by atoms with van der Waals surface area (Å²) < 4.78 is 5.37. The minimum Gasteiger partial charge on any atom is -0.444 e. The molecular formula is C40H58FeN4O7+2. The molecule has 11 nitrogen and oxygen atoms in total. The van der Waals surface area contributed by atoms with Gasteiger partial charge in [0.1, 0.15) is 11.6 Å². The topological polar surface area (TPSA) is 166 Å². The second-order valence-corrected chi connectivity index (χ2v) is 14.6. The van der Waals surface area contributed by atoms with Gasteiger partial charge in [0.15, 0.2) is 0 Å². The van der Waals surface area contributed by atoms with Crippen LogP contribution in [0.3, 0.4) is 0 Å². The van der Waals surface area contributed by atoms with Gasteiger partial charge in [-0.05, 0) is 109 Å². The van der Waals surface area contributed by atoms with Gasteiger partial charge in [0.2, 0.25) is 17.7 Å². The van der Waals surface area contributed by atoms with Crippen molar-refractivity contribution in [3.63, 3.8) is 0 Å². The van der Waals surface area contributed by atoms with Crippen LogP contribution in [0.25, 0.3) is 0 Å². The third-order valence-corrected chi connectivity index (χ3v) is 7.81. The summed E-state index contributed by atoms with van der Waals surface area (Å²) in [5.41, 5.74) is 0.0975. The number of hydrogen-bond donors (Lipinski definition) is 6. The van der Waals surface area contributed by atoms with E-state index in [0.717, 1.165) is 11.5 Å². The number of ether oxygens (including phenoxy) is 1. The van der Waals surface area contributed by atoms with Gasteiger partial charge < -0.3 is 36.2 Å². The molecule has 2 aliphatic rings. The van der Waals surface area contributed by atoms with E-state index in [1.165, 1.54) is 0 Å². The van der Waals surface area contributed by atoms with E-state index in [0.29, 0.717) is 13.0 Å². The van der Waals surface area contributed by atoms with Gasteiger partial charge in [-0.15, -0.1) is 0 Å². The molecule has 0 saturated heterocycles. The van der Waals surface area contributed by atoms with E-state index < -0.39 is 53.8 Å². The smallest absolute Gasteiger partial charge is 0.444 e. The minimum absolute atomic E-state index is 0. The average molecular weight is 763 g/mol. The van der Waals surface area contributed by atoms with Crippen molar-refractivity contribution in [2.24, 2.45) is 11.8 Å². The minimum atomic E-state index is -1.27. The molecule has 52 heavy (non-hydrogen) atoms. The van der Waals surface area contributed by atoms with Crippen molar-refractivity contribution >= 4 is 23.8 Å². The van der Waals surface area contributed by atoms with Gasteiger partial charge in [-0.25, -0.2) is 4.79 Å². The van der Waals surface area contributed by atoms with Gasteiger partial charge in [-0.2, -0.15) is 0 Å². The summed E-state index contributed by atoms with van der Waals surface area (Å²) in [6.07, 6.45) is 14.2. The zero-order valence-electron chi connectivity index (χ0n) is 31.4. The first-order valence-electron chi connectivity index (χ1n) is 17.7. The Labute approximate surface area is 323 Å². The first-order chi connectivity index (χ1) is 24.0. The molecule has 0 bridgehead atoms. The number of rotatable bonds is 17. The fourth-order valence-electron chi connectivity index (χ4n) is 5.28. The number of nitrogens with one attached hydrogen (secondary N) is 4. The molecule has 2 aliphatic carbocycles. The number of aliphatic hydroxyl groups excluding tert-OH is 2. The van der Waals surface area contributed by atoms with Crippen molar-refractivity contribution in [2.45, 2.75) is 110 Å². The SMILES string of the molecule is CC(C)C[C@H](NC(=O)C[C@H](O)[C@H](Cc1ccccc1)NC(=O)OC(C)(C)C)[C@@H](O)CC(=O)N[C@H](C(=O)NC[C]1[CH][CH][CH][CH]1)C(C)C.[CH]1[CH][CH][CH][CH]1.[Fe+2]. The Morgan fingerprint density at radius 1 is 0.731 bits per heavy atom. The Morgan fingerprint density at radius 3 is 1.75 bits per heavy atom. The third-order valence-electron chi connectivity index (χ3n) is 7.81. The molecule has 1 aromatic carbocycles. The van der Waals surface area contributed by atoms with E-state index in [1.54, 1.807) is 20.8 Å². The number of alkyl carbamates (subject to hydrolysis) is 1. The van der Waals surface area contributed by atoms with Crippen LogP contribution < -0.4 is 21.3 Å². The van der Waals surface area contributed by atoms with E-state index in [9.17, 15) is 29.4 Å². The fraction of sp³-hybridized carbons (Fsp3) is 0.500. The van der Waals surface area contributed by atoms with Crippen LogP contribution in [-0.2, 0) is 42.6 Å². The van der Waals surface area contributed by atoms with Crippen molar-refractivity contribution < 1.29 is 51.2 Å². The van der Waals surface area contributed by atoms with Crippen LogP contribution in [0.5, 0.6) is 0 Å². The van der Waals surface area contributed by atoms with E-state index in [4.69, 9.17) is 4.74 Å². The predicted octanol–water partition coefficient (Wildman–Crippen LogP) is 3.84. The summed E-state index contributed by atoms with van der Waals surface area (Å²) in [6, 6.07) is 6.82. The molecule has 0 aromatic heterocycles. The Morgan fingerprint density at radius 2 is 1.25 bits per heavy atom. The van der Waals surface area contributed by atoms with Crippen LogP contribution in [-0.4, -0.2) is 76.5 Å². The molecule has 12 heteroatoms. The number of hydrogen-bond acceptors (Lipinski definition) is 7. The monoisotopic (exact) mass is 762 g/mol. The summed E-state index contributed by atoms with van der Waals surface area (Å²) >= 11 is 0. The first kappa shape index (κ1) is 47.4. The largest absolute Gasteiger partial charge is 2.00 e. The van der Waals surface area contributed by atoms with Crippen LogP contribution in [0.15, 0.2) is 30.3 Å². The standard InChI is InChI=1S/C35H53N4O7.C5H5.Fe/c1-22(2)17-26(28(40)20-31(43)39-32(23(3)4)33(44)36-21-25-15-11-12-16-25)37-30(42)19-29(41)27(18-24-13-9-8-10-14-24)38-34(45)46-35(5,6)7;1-2-4-5-3-1;/h8-16,22-23,26-29,32,40-41H,17-21H2,1-7H3,(H,36,44)(H,37,42)(H,38,45)(H,39,43);1-5H;/q;;+2/t26-,27-,28-,29-,32-;;/m0../s1. The number of carbonyl (C=O) groups is 4. The van der Waals surface area contributed by atoms with Crippen LogP contribution in [0.1, 0.15) is 73.3 Å². The van der Waals surface area contributed by atoms with Gasteiger partial charge in [0, 0.05) is 12.5 Å². The normalized spacial score (nSPS) is 17.4. The average Bonchev–Trinajstić information content (AvgIpc) is 3.79. The van der Waals surface area contributed by atoms with Gasteiger partial charge in [-0.3, -0.25) is 14.4 Å². The van der Waals surface area contributed by atoms with Crippen LogP contribution in [0.2, 0.25) is 0 Å². The van der Waals surface area contributed by atoms with E-state index >= 15 is 0 Å². The Hall–Kier alpha value is -2.66. The number of benzene rings is 1. The molecule has 286 valence electrons. The summed E-state index contributed by atoms with van der Waals surface area (Å²) in [5.74, 6) is -0.590. The summed E-state index contributed by atoms with van der Waals surface area (Å²) in [7, 11) is 0. The van der Waals surface area contributed by atoms with E-state index in [2.05, 4.69) is 21.3 Å². The van der Waals surface area contributed by atoms with Crippen molar-refractivity contribution in [1.82, 2.24) is 21.3 Å². The van der Waals surface area contributed by atoms with Gasteiger partial charge >= 0.3 is 23.2 Å². The Kier molecular flexibility index (Phi) is 22.4. The summed E-state index contributed by atoms with van der Waals surface area (Å²) in [6.45, 7) is 13.0. The zero-order chi connectivity index (χ0) is 38.0. The quantitative estimate of drug-likeness (QED) is 0.131. The van der Waals surface area contributed by atoms with Crippen molar-refractivity contribution in [1.29, 1.82) is 0 Å². The molecule has 6 N–H and O–H groups in total. The Bertz CT molecular complexity index is 1180. The molecule has 2 saturated carbocycles. The maximum atomic E-state index is 13.2. The fourth-order valence-corrected chi connectivity index (χ4v) is 5.28. The van der Waals surface area contributed by atoms with Gasteiger partial charge in [0.05, 0.1) is 37.1 Å². The molecule has 0 unspecified atom stereocenters. The molecule has 0 heterocycles. The van der Waals surface area contributed by atoms with Crippen LogP contribution in [0.4, 0.5) is 4.79 Å². The molecule has 0 aliphatic heterocycles. The molecular weight excluding hydrogens is 704 g/mol. The van der Waals surface area contributed by atoms with Crippen LogP contribution >= 0.6 is 0 Å². The van der Waals surface area contributed by atoms with Gasteiger partial charge in [0.25, 0.3) is 0 Å². The molecule has 2 fully saturated rings. The van der Waals surface area contributed by atoms with Crippen molar-refractivity contribution in [3.8, 4) is 0 Å². The molecule has 1 aromatic rings. The van der Waals surface area contributed by atoms with Gasteiger partial charge in [-0.1, -0.05) is 58.0 Å². The first-order valence-corrected chi connectivity index (χ1v) is 17.7. The second kappa shape index (κ2) is 24.6. The maximum Gasteiger partial charge on any atom is 2.00 e. The molecule has 3 rings (SSSR count). The summed E-state index contributed by atoms with van der Waals surface area (Å²) in [5, 5.41) is 33.2. The number of aliphatic hydroxyl groups is 2. The molecule has 10 radical (unpaired) electrons. The molecule has 0 spiro atoms. The number of carbonyl (C=O) groups excluding carboxylic acids is 4. The number of amides is 4. The second-order valence-electron chi connectivity index (χ2n) is 14.6. The Balaban J connectivity index is 0.00000206. The molecule has 4 amide bonds. The summed E-state index contributed by atoms with van der Waals surface area (Å²) in [4.78, 5) is 51.5. The molecule has 5 atom stereocenters. The van der Waals surface area contributed by atoms with E-state index in [1.807, 2.05) is 116 Å². The zero-order valence-corrected chi connectivity index (χ0v) is 32.6. The predicted molar refractivity (Wildman–Crippen MR) is 198 cm³/mol. The van der Waals surface area contributed by atoms with Crippen molar-refractivity contribution in [3.05, 3.63) is 99.6 Å². The van der Waals surface area contributed by atoms with Crippen LogP contribution in [0, 0.1) is 75.5 Å². The van der Waals surface area contributed by atoms with E-state index in [-0.39, 0.29) is 54.1 Å². The van der Waals surface area contributed by atoms with Crippen molar-refractivity contribution in [2.75, 3.05) is 6.54 Å².